The zero-order valence-electron chi connectivity index (χ0n) is 14.6. The Kier molecular flexibility index (Phi) is 4.65. The second-order valence-corrected chi connectivity index (χ2v) is 8.22. The fourth-order valence-corrected chi connectivity index (χ4v) is 4.30. The highest BCUT2D eigenvalue weighted by molar-refractivity contribution is 7.92. The number of halogens is 1. The highest BCUT2D eigenvalue weighted by atomic mass is 32.2. The zero-order valence-corrected chi connectivity index (χ0v) is 15.4. The van der Waals surface area contributed by atoms with Crippen molar-refractivity contribution < 1.29 is 12.8 Å². The lowest BCUT2D eigenvalue weighted by Gasteiger charge is -2.11. The normalized spacial score (nSPS) is 14.4. The largest absolute Gasteiger partial charge is 0.311 e. The number of rotatable bonds is 4. The molecule has 0 fully saturated rings. The van der Waals surface area contributed by atoms with Crippen LogP contribution in [0.2, 0.25) is 0 Å². The Morgan fingerprint density at radius 3 is 2.63 bits per heavy atom. The van der Waals surface area contributed by atoms with Crippen molar-refractivity contribution in [2.24, 2.45) is 0 Å². The molecule has 0 amide bonds. The molecule has 0 unspecified atom stereocenters. The van der Waals surface area contributed by atoms with E-state index in [1.165, 1.54) is 18.6 Å². The van der Waals surface area contributed by atoms with Crippen molar-refractivity contribution >= 4 is 15.7 Å². The van der Waals surface area contributed by atoms with Crippen LogP contribution in [0.1, 0.15) is 25.1 Å². The van der Waals surface area contributed by atoms with E-state index < -0.39 is 15.8 Å². The van der Waals surface area contributed by atoms with Gasteiger partial charge in [-0.1, -0.05) is 18.6 Å². The van der Waals surface area contributed by atoms with Gasteiger partial charge in [-0.15, -0.1) is 10.2 Å². The van der Waals surface area contributed by atoms with Gasteiger partial charge in [0, 0.05) is 24.2 Å². The van der Waals surface area contributed by atoms with Crippen LogP contribution in [0.5, 0.6) is 0 Å². The molecule has 0 radical (unpaired) electrons. The predicted molar refractivity (Wildman–Crippen MR) is 100 cm³/mol. The van der Waals surface area contributed by atoms with Crippen molar-refractivity contribution in [3.8, 4) is 11.4 Å². The quantitative estimate of drug-likeness (QED) is 0.743. The van der Waals surface area contributed by atoms with Gasteiger partial charge in [0.05, 0.1) is 4.90 Å². The van der Waals surface area contributed by atoms with Crippen LogP contribution in [-0.2, 0) is 23.0 Å². The summed E-state index contributed by atoms with van der Waals surface area (Å²) in [6.07, 6.45) is 4.26. The molecule has 1 aromatic heterocycles. The first-order valence-electron chi connectivity index (χ1n) is 8.84. The number of anilines is 1. The maximum absolute atomic E-state index is 13.0. The Balaban J connectivity index is 1.64. The second-order valence-electron chi connectivity index (χ2n) is 6.54. The summed E-state index contributed by atoms with van der Waals surface area (Å²) >= 11 is 0. The Morgan fingerprint density at radius 1 is 1.00 bits per heavy atom. The average Bonchev–Trinajstić information content (AvgIpc) is 2.90. The lowest BCUT2D eigenvalue weighted by Crippen LogP contribution is -2.13. The van der Waals surface area contributed by atoms with Crippen LogP contribution in [0.4, 0.5) is 10.1 Å². The third-order valence-electron chi connectivity index (χ3n) is 4.61. The Morgan fingerprint density at radius 2 is 1.81 bits per heavy atom. The van der Waals surface area contributed by atoms with Crippen LogP contribution >= 0.6 is 0 Å². The monoisotopic (exact) mass is 386 g/mol. The van der Waals surface area contributed by atoms with Crippen molar-refractivity contribution in [1.82, 2.24) is 14.8 Å². The van der Waals surface area contributed by atoms with Gasteiger partial charge >= 0.3 is 0 Å². The highest BCUT2D eigenvalue weighted by Crippen LogP contribution is 2.26. The van der Waals surface area contributed by atoms with E-state index in [-0.39, 0.29) is 4.90 Å². The molecule has 1 N–H and O–H groups in total. The highest BCUT2D eigenvalue weighted by Gasteiger charge is 2.18. The molecule has 0 saturated heterocycles. The van der Waals surface area contributed by atoms with Gasteiger partial charge in [0.25, 0.3) is 10.0 Å². The summed E-state index contributed by atoms with van der Waals surface area (Å²) in [5, 5.41) is 8.60. The summed E-state index contributed by atoms with van der Waals surface area (Å²) in [6.45, 7) is 0.864. The molecule has 0 bridgehead atoms. The minimum atomic E-state index is -3.80. The summed E-state index contributed by atoms with van der Waals surface area (Å²) in [6, 6.07) is 11.8. The lowest BCUT2D eigenvalue weighted by atomic mass is 10.2. The Labute approximate surface area is 157 Å². The van der Waals surface area contributed by atoms with Crippen LogP contribution in [0, 0.1) is 5.82 Å². The van der Waals surface area contributed by atoms with E-state index in [4.69, 9.17) is 0 Å². The second kappa shape index (κ2) is 7.11. The molecule has 0 aliphatic carbocycles. The van der Waals surface area contributed by atoms with Gasteiger partial charge in [0.1, 0.15) is 11.6 Å². The average molecular weight is 386 g/mol. The van der Waals surface area contributed by atoms with Crippen molar-refractivity contribution in [2.45, 2.75) is 37.1 Å². The molecular formula is C19H19FN4O2S. The van der Waals surface area contributed by atoms with E-state index in [9.17, 15) is 12.8 Å². The van der Waals surface area contributed by atoms with E-state index in [0.29, 0.717) is 5.69 Å². The Hall–Kier alpha value is -2.74. The molecule has 2 heterocycles. The van der Waals surface area contributed by atoms with Gasteiger partial charge in [-0.25, -0.2) is 12.8 Å². The first kappa shape index (κ1) is 17.7. The molecule has 1 aliphatic rings. The molecule has 3 aromatic rings. The van der Waals surface area contributed by atoms with Crippen LogP contribution in [0.15, 0.2) is 53.4 Å². The standard InChI is InChI=1S/C19H19FN4O2S/c20-15-8-10-17(11-9-15)27(25,26)23-16-6-4-5-14(13-16)19-22-21-18-7-2-1-3-12-24(18)19/h4-6,8-11,13,23H,1-3,7,12H2. The molecule has 0 atom stereocenters. The van der Waals surface area contributed by atoms with E-state index in [0.717, 1.165) is 55.2 Å². The maximum Gasteiger partial charge on any atom is 0.261 e. The minimum absolute atomic E-state index is 0.00523. The summed E-state index contributed by atoms with van der Waals surface area (Å²) < 4.78 is 42.7. The van der Waals surface area contributed by atoms with Gasteiger partial charge in [-0.3, -0.25) is 4.72 Å². The molecular weight excluding hydrogens is 367 g/mol. The molecule has 1 aliphatic heterocycles. The fourth-order valence-electron chi connectivity index (χ4n) is 3.25. The third-order valence-corrected chi connectivity index (χ3v) is 6.00. The molecule has 8 heteroatoms. The molecule has 4 rings (SSSR count). The topological polar surface area (TPSA) is 76.9 Å². The molecule has 0 saturated carbocycles. The summed E-state index contributed by atoms with van der Waals surface area (Å²) in [5.74, 6) is 1.23. The number of sulfonamides is 1. The van der Waals surface area contributed by atoms with Crippen molar-refractivity contribution in [2.75, 3.05) is 4.72 Å². The van der Waals surface area contributed by atoms with Crippen LogP contribution in [0.3, 0.4) is 0 Å². The van der Waals surface area contributed by atoms with Crippen LogP contribution < -0.4 is 4.72 Å². The number of aromatic nitrogens is 3. The van der Waals surface area contributed by atoms with E-state index >= 15 is 0 Å². The zero-order chi connectivity index (χ0) is 18.9. The van der Waals surface area contributed by atoms with Gasteiger partial charge in [-0.05, 0) is 49.2 Å². The van der Waals surface area contributed by atoms with E-state index in [1.807, 2.05) is 6.07 Å². The van der Waals surface area contributed by atoms with Gasteiger partial charge in [-0.2, -0.15) is 0 Å². The minimum Gasteiger partial charge on any atom is -0.311 e. The smallest absolute Gasteiger partial charge is 0.261 e. The number of hydrogen-bond acceptors (Lipinski definition) is 4. The molecule has 0 spiro atoms. The first-order chi connectivity index (χ1) is 13.0. The van der Waals surface area contributed by atoms with E-state index in [1.54, 1.807) is 18.2 Å². The van der Waals surface area contributed by atoms with Crippen LogP contribution in [-0.4, -0.2) is 23.2 Å². The number of nitrogens with zero attached hydrogens (tertiary/aromatic N) is 3. The summed E-state index contributed by atoms with van der Waals surface area (Å²) in [4.78, 5) is 0.00523. The number of benzene rings is 2. The summed E-state index contributed by atoms with van der Waals surface area (Å²) in [7, 11) is -3.80. The number of nitrogens with one attached hydrogen (secondary N) is 1. The number of aryl methyl sites for hydroxylation is 1. The summed E-state index contributed by atoms with van der Waals surface area (Å²) in [5.41, 5.74) is 1.22. The van der Waals surface area contributed by atoms with Crippen molar-refractivity contribution in [3.05, 3.63) is 60.2 Å². The third kappa shape index (κ3) is 3.71. The molecule has 27 heavy (non-hydrogen) atoms. The van der Waals surface area contributed by atoms with E-state index in [2.05, 4.69) is 19.5 Å². The molecule has 140 valence electrons. The predicted octanol–water partition coefficient (Wildman–Crippen LogP) is 3.61. The molecule has 2 aromatic carbocycles. The number of hydrogen-bond donors (Lipinski definition) is 1. The van der Waals surface area contributed by atoms with Gasteiger partial charge < -0.3 is 4.57 Å². The van der Waals surface area contributed by atoms with Gasteiger partial charge in [0.15, 0.2) is 5.82 Å². The number of fused-ring (bicyclic) bond motifs is 1. The van der Waals surface area contributed by atoms with Gasteiger partial charge in [0.2, 0.25) is 0 Å². The first-order valence-corrected chi connectivity index (χ1v) is 10.3. The lowest BCUT2D eigenvalue weighted by molar-refractivity contribution is 0.599. The SMILES string of the molecule is O=S(=O)(Nc1cccc(-c2nnc3n2CCCCC3)c1)c1ccc(F)cc1. The molecule has 6 nitrogen and oxygen atoms in total. The van der Waals surface area contributed by atoms with Crippen molar-refractivity contribution in [1.29, 1.82) is 0 Å². The fraction of sp³-hybridized carbons (Fsp3) is 0.263. The maximum atomic E-state index is 13.0. The van der Waals surface area contributed by atoms with Crippen LogP contribution in [0.25, 0.3) is 11.4 Å². The Bertz CT molecular complexity index is 1060. The van der Waals surface area contributed by atoms with Crippen molar-refractivity contribution in [3.63, 3.8) is 0 Å².